The lowest BCUT2D eigenvalue weighted by Crippen LogP contribution is -2.20. The molecular formula is C11H18N3OS-. The Morgan fingerprint density at radius 3 is 2.81 bits per heavy atom. The van der Waals surface area contributed by atoms with Crippen molar-refractivity contribution in [3.05, 3.63) is 38.9 Å². The lowest BCUT2D eigenvalue weighted by molar-refractivity contribution is 0.401. The van der Waals surface area contributed by atoms with E-state index in [1.54, 1.807) is 11.3 Å². The highest BCUT2D eigenvalue weighted by Crippen LogP contribution is 2.17. The van der Waals surface area contributed by atoms with Crippen molar-refractivity contribution in [3.63, 3.8) is 0 Å². The van der Waals surface area contributed by atoms with E-state index in [-0.39, 0.29) is 0 Å². The highest BCUT2D eigenvalue weighted by molar-refractivity contribution is 7.11. The Bertz CT molecular complexity index is 349. The second kappa shape index (κ2) is 6.65. The normalized spacial score (nSPS) is 12.4. The molecular weight excluding hydrogens is 222 g/mol. The fourth-order valence-electron chi connectivity index (χ4n) is 1.43. The van der Waals surface area contributed by atoms with Gasteiger partial charge in [0.1, 0.15) is 0 Å². The van der Waals surface area contributed by atoms with E-state index in [2.05, 4.69) is 0 Å². The van der Waals surface area contributed by atoms with E-state index in [4.69, 9.17) is 11.5 Å². The molecule has 0 bridgehead atoms. The number of nitrogens with two attached hydrogens (primary N) is 2. The van der Waals surface area contributed by atoms with Crippen molar-refractivity contribution >= 4 is 11.3 Å². The van der Waals surface area contributed by atoms with Gasteiger partial charge in [-0.05, 0) is 43.8 Å². The van der Waals surface area contributed by atoms with Gasteiger partial charge in [0.15, 0.2) is 0 Å². The molecule has 0 aliphatic carbocycles. The van der Waals surface area contributed by atoms with E-state index in [0.717, 1.165) is 15.5 Å². The fourth-order valence-corrected chi connectivity index (χ4v) is 2.32. The summed E-state index contributed by atoms with van der Waals surface area (Å²) < 4.78 is 0. The molecule has 1 rings (SSSR count). The monoisotopic (exact) mass is 240 g/mol. The van der Waals surface area contributed by atoms with Crippen LogP contribution in [0.2, 0.25) is 0 Å². The molecule has 0 saturated heterocycles. The second-order valence-electron chi connectivity index (χ2n) is 3.67. The van der Waals surface area contributed by atoms with Crippen LogP contribution in [0.5, 0.6) is 0 Å². The Morgan fingerprint density at radius 2 is 2.31 bits per heavy atom. The second-order valence-corrected chi connectivity index (χ2v) is 5.05. The molecule has 0 radical (unpaired) electrons. The summed E-state index contributed by atoms with van der Waals surface area (Å²) in [4.78, 5) is 2.30. The van der Waals surface area contributed by atoms with E-state index < -0.39 is 0 Å². The van der Waals surface area contributed by atoms with Gasteiger partial charge in [0.25, 0.3) is 0 Å². The van der Waals surface area contributed by atoms with Crippen LogP contribution in [0.4, 0.5) is 0 Å². The molecule has 0 aliphatic heterocycles. The van der Waals surface area contributed by atoms with Crippen LogP contribution in [0.3, 0.4) is 0 Å². The number of hydrogen-bond donors (Lipinski definition) is 2. The highest BCUT2D eigenvalue weighted by atomic mass is 32.1. The summed E-state index contributed by atoms with van der Waals surface area (Å²) in [5.41, 5.74) is 11.7. The Labute approximate surface area is 100 Å². The smallest absolute Gasteiger partial charge is 0.0212 e. The van der Waals surface area contributed by atoms with Crippen molar-refractivity contribution in [2.45, 2.75) is 19.9 Å². The first kappa shape index (κ1) is 13.2. The van der Waals surface area contributed by atoms with Gasteiger partial charge < -0.3 is 21.7 Å². The van der Waals surface area contributed by atoms with Crippen molar-refractivity contribution in [2.24, 2.45) is 11.5 Å². The summed E-state index contributed by atoms with van der Waals surface area (Å²) in [7, 11) is 0. The minimum atomic E-state index is 0.338. The Morgan fingerprint density at radius 1 is 1.56 bits per heavy atom. The van der Waals surface area contributed by atoms with Crippen molar-refractivity contribution in [1.82, 2.24) is 5.06 Å². The minimum absolute atomic E-state index is 0.338. The van der Waals surface area contributed by atoms with Gasteiger partial charge in [0, 0.05) is 22.8 Å². The van der Waals surface area contributed by atoms with Gasteiger partial charge in [-0.15, -0.1) is 11.3 Å². The molecule has 0 spiro atoms. The third kappa shape index (κ3) is 4.32. The van der Waals surface area contributed by atoms with Crippen molar-refractivity contribution in [1.29, 1.82) is 0 Å². The molecule has 16 heavy (non-hydrogen) atoms. The van der Waals surface area contributed by atoms with Crippen LogP contribution in [-0.4, -0.2) is 18.2 Å². The average Bonchev–Trinajstić information content (AvgIpc) is 2.63. The molecule has 0 atom stereocenters. The first-order chi connectivity index (χ1) is 7.65. The summed E-state index contributed by atoms with van der Waals surface area (Å²) >= 11 is 1.65. The van der Waals surface area contributed by atoms with Crippen molar-refractivity contribution in [2.75, 3.05) is 13.1 Å². The molecule has 1 heterocycles. The Balaban J connectivity index is 2.43. The summed E-state index contributed by atoms with van der Waals surface area (Å²) in [6.45, 7) is 3.31. The standard InChI is InChI=1S/C11H18N3OS/c1-9-2-3-11(16-9)8-14(15)7-10(6-13)4-5-12/h2-3,6H,4-5,7-8,12-13H2,1H3/q-1/b10-6+. The van der Waals surface area contributed by atoms with Gasteiger partial charge >= 0.3 is 0 Å². The summed E-state index contributed by atoms with van der Waals surface area (Å²) in [6, 6.07) is 4.01. The zero-order valence-electron chi connectivity index (χ0n) is 9.48. The molecule has 90 valence electrons. The summed E-state index contributed by atoms with van der Waals surface area (Å²) in [5.74, 6) is 0. The van der Waals surface area contributed by atoms with Crippen LogP contribution in [0.25, 0.3) is 0 Å². The minimum Gasteiger partial charge on any atom is -0.785 e. The lowest BCUT2D eigenvalue weighted by Gasteiger charge is -2.28. The molecule has 4 nitrogen and oxygen atoms in total. The quantitative estimate of drug-likeness (QED) is 0.739. The van der Waals surface area contributed by atoms with Crippen LogP contribution < -0.4 is 11.5 Å². The van der Waals surface area contributed by atoms with Gasteiger partial charge in [0.05, 0.1) is 0 Å². The largest absolute Gasteiger partial charge is 0.785 e. The third-order valence-electron chi connectivity index (χ3n) is 2.21. The maximum Gasteiger partial charge on any atom is 0.0212 e. The third-order valence-corrected chi connectivity index (χ3v) is 3.19. The van der Waals surface area contributed by atoms with Crippen LogP contribution in [0.1, 0.15) is 16.2 Å². The van der Waals surface area contributed by atoms with Crippen molar-refractivity contribution < 1.29 is 0 Å². The molecule has 5 heteroatoms. The maximum atomic E-state index is 11.7. The van der Waals surface area contributed by atoms with E-state index in [9.17, 15) is 5.21 Å². The molecule has 1 aromatic heterocycles. The van der Waals surface area contributed by atoms with Gasteiger partial charge in [-0.1, -0.05) is 0 Å². The lowest BCUT2D eigenvalue weighted by atomic mass is 10.2. The SMILES string of the molecule is Cc1ccc(CN([O-])C/C(=C/N)CCN)s1. The fraction of sp³-hybridized carbons (Fsp3) is 0.455. The molecule has 0 aliphatic rings. The average molecular weight is 240 g/mol. The molecule has 0 amide bonds. The number of thiophene rings is 1. The predicted octanol–water partition coefficient (Wildman–Crippen LogP) is 1.55. The van der Waals surface area contributed by atoms with Gasteiger partial charge in [-0.25, -0.2) is 0 Å². The van der Waals surface area contributed by atoms with Crippen molar-refractivity contribution in [3.8, 4) is 0 Å². The highest BCUT2D eigenvalue weighted by Gasteiger charge is 2.01. The Kier molecular flexibility index (Phi) is 5.48. The van der Waals surface area contributed by atoms with Crippen LogP contribution in [0.15, 0.2) is 23.9 Å². The van der Waals surface area contributed by atoms with E-state index in [1.165, 1.54) is 11.1 Å². The number of nitrogens with zero attached hydrogens (tertiary/aromatic N) is 1. The number of hydrogen-bond acceptors (Lipinski definition) is 5. The maximum absolute atomic E-state index is 11.7. The van der Waals surface area contributed by atoms with E-state index >= 15 is 0 Å². The zero-order chi connectivity index (χ0) is 12.0. The van der Waals surface area contributed by atoms with E-state index in [0.29, 0.717) is 26.1 Å². The molecule has 0 aromatic carbocycles. The molecule has 0 fully saturated rings. The number of rotatable bonds is 6. The first-order valence-corrected chi connectivity index (χ1v) is 6.04. The van der Waals surface area contributed by atoms with Gasteiger partial charge in [0.2, 0.25) is 0 Å². The number of hydroxylamine groups is 2. The summed E-state index contributed by atoms with van der Waals surface area (Å²) in [5, 5.41) is 12.7. The Hall–Kier alpha value is -0.880. The predicted molar refractivity (Wildman–Crippen MR) is 68.8 cm³/mol. The molecule has 1 aromatic rings. The van der Waals surface area contributed by atoms with Gasteiger partial charge in [-0.3, -0.25) is 0 Å². The zero-order valence-corrected chi connectivity index (χ0v) is 10.3. The molecule has 4 N–H and O–H groups in total. The first-order valence-electron chi connectivity index (χ1n) is 5.22. The van der Waals surface area contributed by atoms with Crippen LogP contribution in [0, 0.1) is 12.1 Å². The summed E-state index contributed by atoms with van der Waals surface area (Å²) in [6.07, 6.45) is 2.16. The van der Waals surface area contributed by atoms with Gasteiger partial charge in [-0.2, -0.15) is 0 Å². The number of aryl methyl sites for hydroxylation is 1. The topological polar surface area (TPSA) is 78.3 Å². The molecule has 0 unspecified atom stereocenters. The van der Waals surface area contributed by atoms with E-state index in [1.807, 2.05) is 19.1 Å². The molecule has 0 saturated carbocycles. The van der Waals surface area contributed by atoms with Crippen LogP contribution >= 0.6 is 11.3 Å². The van der Waals surface area contributed by atoms with Crippen LogP contribution in [-0.2, 0) is 6.54 Å².